The molecular formula is C17H13Br2Cl3O2. The standard InChI is InChI=1S/C17H13Br2Cl3O2/c18-13-5-1-11(2-6-13)9-15(12-3-7-14(19)8-4-12)16(23)24-10-17(20,21)22/h1-8,15H,9-10H2/t15-/m0/s1. The second kappa shape index (κ2) is 8.91. The van der Waals surface area contributed by atoms with Gasteiger partial charge in [0, 0.05) is 8.95 Å². The minimum Gasteiger partial charge on any atom is -0.461 e. The molecule has 0 fully saturated rings. The van der Waals surface area contributed by atoms with Crippen molar-refractivity contribution in [3.63, 3.8) is 0 Å². The SMILES string of the molecule is O=C(OCC(Cl)(Cl)Cl)[C@@H](Cc1ccc(Br)cc1)c1ccc(Br)cc1. The topological polar surface area (TPSA) is 26.3 Å². The molecule has 0 heterocycles. The van der Waals surface area contributed by atoms with Gasteiger partial charge in [-0.1, -0.05) is 90.9 Å². The van der Waals surface area contributed by atoms with Crippen LogP contribution in [0.15, 0.2) is 57.5 Å². The number of esters is 1. The van der Waals surface area contributed by atoms with Gasteiger partial charge in [-0.2, -0.15) is 0 Å². The average molecular weight is 515 g/mol. The summed E-state index contributed by atoms with van der Waals surface area (Å²) in [5, 5.41) is 0. The van der Waals surface area contributed by atoms with Crippen molar-refractivity contribution in [1.82, 2.24) is 0 Å². The molecule has 0 spiro atoms. The zero-order valence-electron chi connectivity index (χ0n) is 12.3. The Hall–Kier alpha value is -0.260. The summed E-state index contributed by atoms with van der Waals surface area (Å²) in [6, 6.07) is 15.3. The van der Waals surface area contributed by atoms with Gasteiger partial charge < -0.3 is 4.74 Å². The Bertz CT molecular complexity index is 682. The highest BCUT2D eigenvalue weighted by atomic mass is 79.9. The third-order valence-electron chi connectivity index (χ3n) is 3.29. The van der Waals surface area contributed by atoms with E-state index < -0.39 is 15.7 Å². The first-order valence-corrected chi connectivity index (χ1v) is 9.70. The summed E-state index contributed by atoms with van der Waals surface area (Å²) >= 11 is 23.8. The first kappa shape index (κ1) is 20.1. The summed E-state index contributed by atoms with van der Waals surface area (Å²) in [5.41, 5.74) is 1.85. The number of benzene rings is 2. The molecule has 0 aromatic heterocycles. The average Bonchev–Trinajstić information content (AvgIpc) is 2.52. The van der Waals surface area contributed by atoms with E-state index in [1.807, 2.05) is 48.5 Å². The Balaban J connectivity index is 2.21. The van der Waals surface area contributed by atoms with E-state index in [1.165, 1.54) is 0 Å². The van der Waals surface area contributed by atoms with Gasteiger partial charge in [-0.15, -0.1) is 0 Å². The Kier molecular flexibility index (Phi) is 7.44. The van der Waals surface area contributed by atoms with Crippen LogP contribution in [0, 0.1) is 0 Å². The van der Waals surface area contributed by atoms with Crippen LogP contribution in [0.2, 0.25) is 0 Å². The lowest BCUT2D eigenvalue weighted by atomic mass is 9.92. The first-order chi connectivity index (χ1) is 11.2. The zero-order valence-corrected chi connectivity index (χ0v) is 17.8. The maximum Gasteiger partial charge on any atom is 0.313 e. The highest BCUT2D eigenvalue weighted by molar-refractivity contribution is 9.10. The molecule has 0 amide bonds. The summed E-state index contributed by atoms with van der Waals surface area (Å²) < 4.78 is 5.48. The van der Waals surface area contributed by atoms with Crippen molar-refractivity contribution < 1.29 is 9.53 Å². The van der Waals surface area contributed by atoms with Gasteiger partial charge in [-0.05, 0) is 41.8 Å². The molecule has 0 saturated carbocycles. The summed E-state index contributed by atoms with van der Waals surface area (Å²) in [5.74, 6) is -0.904. The van der Waals surface area contributed by atoms with E-state index in [9.17, 15) is 4.79 Å². The molecule has 7 heteroatoms. The lowest BCUT2D eigenvalue weighted by molar-refractivity contribution is -0.145. The fraction of sp³-hybridized carbons (Fsp3) is 0.235. The molecule has 0 unspecified atom stereocenters. The van der Waals surface area contributed by atoms with Crippen LogP contribution in [-0.4, -0.2) is 16.4 Å². The molecule has 0 N–H and O–H groups in total. The second-order valence-electron chi connectivity index (χ2n) is 5.16. The van der Waals surface area contributed by atoms with E-state index in [-0.39, 0.29) is 6.61 Å². The quantitative estimate of drug-likeness (QED) is 0.338. The molecule has 1 atom stereocenters. The molecule has 0 aliphatic rings. The lowest BCUT2D eigenvalue weighted by Gasteiger charge is -2.19. The smallest absolute Gasteiger partial charge is 0.313 e. The Morgan fingerprint density at radius 1 is 0.958 bits per heavy atom. The van der Waals surface area contributed by atoms with E-state index >= 15 is 0 Å². The van der Waals surface area contributed by atoms with Gasteiger partial charge in [0.25, 0.3) is 0 Å². The monoisotopic (exact) mass is 512 g/mol. The van der Waals surface area contributed by atoms with Crippen LogP contribution in [0.3, 0.4) is 0 Å². The van der Waals surface area contributed by atoms with Crippen molar-refractivity contribution in [2.45, 2.75) is 16.1 Å². The Labute approximate surface area is 172 Å². The van der Waals surface area contributed by atoms with Gasteiger partial charge in [-0.3, -0.25) is 4.79 Å². The molecule has 0 aliphatic heterocycles. The van der Waals surface area contributed by atoms with Crippen LogP contribution < -0.4 is 0 Å². The molecule has 2 rings (SSSR count). The number of rotatable bonds is 5. The number of alkyl halides is 3. The molecule has 0 saturated heterocycles. The molecule has 128 valence electrons. The molecular weight excluding hydrogens is 502 g/mol. The predicted octanol–water partition coefficient (Wildman–Crippen LogP) is 6.45. The van der Waals surface area contributed by atoms with E-state index in [0.717, 1.165) is 20.1 Å². The Morgan fingerprint density at radius 2 is 1.46 bits per heavy atom. The molecule has 2 aromatic carbocycles. The van der Waals surface area contributed by atoms with Crippen molar-refractivity contribution in [3.8, 4) is 0 Å². The number of carbonyl (C=O) groups is 1. The van der Waals surface area contributed by atoms with Gasteiger partial charge in [0.1, 0.15) is 6.61 Å². The van der Waals surface area contributed by atoms with E-state index in [2.05, 4.69) is 31.9 Å². The fourth-order valence-corrected chi connectivity index (χ4v) is 2.83. The number of carbonyl (C=O) groups excluding carboxylic acids is 1. The maximum atomic E-state index is 12.5. The van der Waals surface area contributed by atoms with Crippen LogP contribution in [0.25, 0.3) is 0 Å². The first-order valence-electron chi connectivity index (χ1n) is 6.98. The van der Waals surface area contributed by atoms with Gasteiger partial charge in [0.05, 0.1) is 5.92 Å². The van der Waals surface area contributed by atoms with Crippen molar-refractivity contribution >= 4 is 72.6 Å². The van der Waals surface area contributed by atoms with Crippen molar-refractivity contribution in [2.24, 2.45) is 0 Å². The van der Waals surface area contributed by atoms with Crippen LogP contribution in [0.1, 0.15) is 17.0 Å². The molecule has 2 aromatic rings. The minimum atomic E-state index is -1.63. The molecule has 0 bridgehead atoms. The van der Waals surface area contributed by atoms with Crippen LogP contribution in [-0.2, 0) is 16.0 Å². The van der Waals surface area contributed by atoms with Gasteiger partial charge in [-0.25, -0.2) is 0 Å². The third-order valence-corrected chi connectivity index (χ3v) is 4.67. The summed E-state index contributed by atoms with van der Waals surface area (Å²) in [4.78, 5) is 12.5. The van der Waals surface area contributed by atoms with Crippen LogP contribution in [0.5, 0.6) is 0 Å². The van der Waals surface area contributed by atoms with E-state index in [4.69, 9.17) is 39.5 Å². The van der Waals surface area contributed by atoms with Crippen molar-refractivity contribution in [1.29, 1.82) is 0 Å². The van der Waals surface area contributed by atoms with E-state index in [1.54, 1.807) is 0 Å². The minimum absolute atomic E-state index is 0.288. The fourth-order valence-electron chi connectivity index (χ4n) is 2.14. The van der Waals surface area contributed by atoms with Gasteiger partial charge in [0.2, 0.25) is 3.79 Å². The second-order valence-corrected chi connectivity index (χ2v) is 9.51. The molecule has 24 heavy (non-hydrogen) atoms. The summed E-state index contributed by atoms with van der Waals surface area (Å²) in [7, 11) is 0. The largest absolute Gasteiger partial charge is 0.461 e. The van der Waals surface area contributed by atoms with Crippen molar-refractivity contribution in [3.05, 3.63) is 68.6 Å². The number of halogens is 5. The van der Waals surface area contributed by atoms with E-state index in [0.29, 0.717) is 6.42 Å². The number of ether oxygens (including phenoxy) is 1. The molecule has 2 nitrogen and oxygen atoms in total. The summed E-state index contributed by atoms with van der Waals surface area (Å²) in [6.07, 6.45) is 0.494. The molecule has 0 radical (unpaired) electrons. The summed E-state index contributed by atoms with van der Waals surface area (Å²) in [6.45, 7) is -0.288. The number of hydrogen-bond donors (Lipinski definition) is 0. The normalized spacial score (nSPS) is 12.7. The zero-order chi connectivity index (χ0) is 17.7. The highest BCUT2D eigenvalue weighted by Crippen LogP contribution is 2.29. The van der Waals surface area contributed by atoms with Crippen LogP contribution >= 0.6 is 66.7 Å². The maximum absolute atomic E-state index is 12.5. The van der Waals surface area contributed by atoms with Gasteiger partial charge in [0.15, 0.2) is 0 Å². The lowest BCUT2D eigenvalue weighted by Crippen LogP contribution is -2.23. The van der Waals surface area contributed by atoms with Crippen LogP contribution in [0.4, 0.5) is 0 Å². The molecule has 0 aliphatic carbocycles. The number of hydrogen-bond acceptors (Lipinski definition) is 2. The Morgan fingerprint density at radius 3 is 1.96 bits per heavy atom. The van der Waals surface area contributed by atoms with Gasteiger partial charge >= 0.3 is 5.97 Å². The highest BCUT2D eigenvalue weighted by Gasteiger charge is 2.27. The van der Waals surface area contributed by atoms with Crippen molar-refractivity contribution in [2.75, 3.05) is 6.61 Å². The predicted molar refractivity (Wildman–Crippen MR) is 106 cm³/mol. The third kappa shape index (κ3) is 6.57.